The highest BCUT2D eigenvalue weighted by molar-refractivity contribution is 7.10. The predicted molar refractivity (Wildman–Crippen MR) is 73.7 cm³/mol. The molecule has 0 spiro atoms. The SMILES string of the molecule is CC(C(=O)NCC(O)C1CCCC1)c1cccs1. The molecule has 0 saturated heterocycles. The van der Waals surface area contributed by atoms with Gasteiger partial charge < -0.3 is 10.4 Å². The first-order valence-corrected chi connectivity index (χ1v) is 7.55. The van der Waals surface area contributed by atoms with Crippen molar-refractivity contribution in [1.29, 1.82) is 0 Å². The standard InChI is InChI=1S/C14H21NO2S/c1-10(13-7-4-8-18-13)14(17)15-9-12(16)11-5-2-3-6-11/h4,7-8,10-12,16H,2-3,5-6,9H2,1H3,(H,15,17). The fourth-order valence-electron chi connectivity index (χ4n) is 2.53. The van der Waals surface area contributed by atoms with Crippen LogP contribution in [0, 0.1) is 5.92 Å². The van der Waals surface area contributed by atoms with Crippen molar-refractivity contribution in [3.63, 3.8) is 0 Å². The Morgan fingerprint density at radius 2 is 2.28 bits per heavy atom. The second-order valence-electron chi connectivity index (χ2n) is 5.09. The zero-order chi connectivity index (χ0) is 13.0. The van der Waals surface area contributed by atoms with E-state index < -0.39 is 0 Å². The Balaban J connectivity index is 1.77. The number of hydrogen-bond donors (Lipinski definition) is 2. The lowest BCUT2D eigenvalue weighted by Crippen LogP contribution is -2.37. The zero-order valence-electron chi connectivity index (χ0n) is 10.8. The summed E-state index contributed by atoms with van der Waals surface area (Å²) in [6, 6.07) is 3.93. The van der Waals surface area contributed by atoms with E-state index in [0.29, 0.717) is 12.5 Å². The normalized spacial score (nSPS) is 19.7. The van der Waals surface area contributed by atoms with E-state index in [1.165, 1.54) is 12.8 Å². The highest BCUT2D eigenvalue weighted by Gasteiger charge is 2.24. The number of carbonyl (C=O) groups excluding carboxylic acids is 1. The van der Waals surface area contributed by atoms with Crippen LogP contribution in [-0.2, 0) is 4.79 Å². The van der Waals surface area contributed by atoms with Crippen molar-refractivity contribution in [2.24, 2.45) is 5.92 Å². The number of nitrogens with one attached hydrogen (secondary N) is 1. The molecule has 2 N–H and O–H groups in total. The molecule has 1 heterocycles. The van der Waals surface area contributed by atoms with Crippen molar-refractivity contribution in [1.82, 2.24) is 5.32 Å². The third kappa shape index (κ3) is 3.33. The molecule has 1 aromatic rings. The Kier molecular flexibility index (Phi) is 4.78. The van der Waals surface area contributed by atoms with E-state index in [4.69, 9.17) is 0 Å². The van der Waals surface area contributed by atoms with E-state index in [2.05, 4.69) is 5.32 Å². The molecule has 0 aromatic carbocycles. The highest BCUT2D eigenvalue weighted by atomic mass is 32.1. The van der Waals surface area contributed by atoms with E-state index in [0.717, 1.165) is 17.7 Å². The maximum atomic E-state index is 11.9. The topological polar surface area (TPSA) is 49.3 Å². The first-order chi connectivity index (χ1) is 8.68. The van der Waals surface area contributed by atoms with E-state index >= 15 is 0 Å². The Labute approximate surface area is 112 Å². The van der Waals surface area contributed by atoms with Crippen molar-refractivity contribution < 1.29 is 9.90 Å². The van der Waals surface area contributed by atoms with E-state index in [9.17, 15) is 9.90 Å². The van der Waals surface area contributed by atoms with E-state index in [-0.39, 0.29) is 17.9 Å². The number of aliphatic hydroxyl groups is 1. The van der Waals surface area contributed by atoms with Gasteiger partial charge in [-0.3, -0.25) is 4.79 Å². The molecule has 18 heavy (non-hydrogen) atoms. The Hall–Kier alpha value is -0.870. The van der Waals surface area contributed by atoms with Gasteiger partial charge in [-0.25, -0.2) is 0 Å². The molecule has 4 heteroatoms. The molecule has 1 fully saturated rings. The second kappa shape index (κ2) is 6.34. The summed E-state index contributed by atoms with van der Waals surface area (Å²) in [5, 5.41) is 14.8. The van der Waals surface area contributed by atoms with Gasteiger partial charge in [0.25, 0.3) is 0 Å². The molecule has 0 radical (unpaired) electrons. The number of hydrogen-bond acceptors (Lipinski definition) is 3. The summed E-state index contributed by atoms with van der Waals surface area (Å²) in [4.78, 5) is 13.0. The van der Waals surface area contributed by atoms with Crippen molar-refractivity contribution in [3.05, 3.63) is 22.4 Å². The Bertz CT molecular complexity index is 371. The summed E-state index contributed by atoms with van der Waals surface area (Å²) in [6.07, 6.45) is 4.23. The number of carbonyl (C=O) groups is 1. The largest absolute Gasteiger partial charge is 0.391 e. The zero-order valence-corrected chi connectivity index (χ0v) is 11.6. The number of rotatable bonds is 5. The van der Waals surface area contributed by atoms with Crippen LogP contribution in [0.25, 0.3) is 0 Å². The minimum atomic E-state index is -0.382. The van der Waals surface area contributed by atoms with Crippen LogP contribution in [-0.4, -0.2) is 23.7 Å². The molecule has 3 nitrogen and oxygen atoms in total. The van der Waals surface area contributed by atoms with Crippen molar-refractivity contribution in [2.75, 3.05) is 6.54 Å². The van der Waals surface area contributed by atoms with Crippen LogP contribution in [0.2, 0.25) is 0 Å². The minimum absolute atomic E-state index is 0.00879. The maximum Gasteiger partial charge on any atom is 0.228 e. The van der Waals surface area contributed by atoms with Crippen molar-refractivity contribution in [2.45, 2.75) is 44.6 Å². The van der Waals surface area contributed by atoms with Crippen LogP contribution >= 0.6 is 11.3 Å². The van der Waals surface area contributed by atoms with E-state index in [1.807, 2.05) is 24.4 Å². The van der Waals surface area contributed by atoms with E-state index in [1.54, 1.807) is 11.3 Å². The van der Waals surface area contributed by atoms with Crippen LogP contribution in [0.5, 0.6) is 0 Å². The first kappa shape index (κ1) is 13.6. The van der Waals surface area contributed by atoms with Gasteiger partial charge in [0.15, 0.2) is 0 Å². The monoisotopic (exact) mass is 267 g/mol. The molecule has 2 rings (SSSR count). The van der Waals surface area contributed by atoms with Crippen LogP contribution < -0.4 is 5.32 Å². The van der Waals surface area contributed by atoms with Crippen molar-refractivity contribution >= 4 is 17.2 Å². The quantitative estimate of drug-likeness (QED) is 0.861. The van der Waals surface area contributed by atoms with Crippen molar-refractivity contribution in [3.8, 4) is 0 Å². The lowest BCUT2D eigenvalue weighted by Gasteiger charge is -2.19. The molecule has 2 unspecified atom stereocenters. The van der Waals surface area contributed by atoms with Gasteiger partial charge >= 0.3 is 0 Å². The Morgan fingerprint density at radius 1 is 1.56 bits per heavy atom. The molecule has 1 aromatic heterocycles. The van der Waals surface area contributed by atoms with Gasteiger partial charge in [0.2, 0.25) is 5.91 Å². The van der Waals surface area contributed by atoms with Gasteiger partial charge in [-0.1, -0.05) is 18.9 Å². The van der Waals surface area contributed by atoms with Gasteiger partial charge in [0.1, 0.15) is 0 Å². The van der Waals surface area contributed by atoms with Crippen LogP contribution in [0.15, 0.2) is 17.5 Å². The summed E-state index contributed by atoms with van der Waals surface area (Å²) >= 11 is 1.60. The summed E-state index contributed by atoms with van der Waals surface area (Å²) in [6.45, 7) is 2.29. The summed E-state index contributed by atoms with van der Waals surface area (Å²) < 4.78 is 0. The molecule has 1 saturated carbocycles. The molecule has 1 aliphatic rings. The smallest absolute Gasteiger partial charge is 0.228 e. The molecular formula is C14H21NO2S. The molecule has 1 aliphatic carbocycles. The van der Waals surface area contributed by atoms with Gasteiger partial charge in [0, 0.05) is 11.4 Å². The van der Waals surface area contributed by atoms with Gasteiger partial charge in [-0.05, 0) is 37.1 Å². The molecule has 100 valence electrons. The lowest BCUT2D eigenvalue weighted by atomic mass is 10.0. The number of amides is 1. The van der Waals surface area contributed by atoms with Gasteiger partial charge in [-0.2, -0.15) is 0 Å². The molecular weight excluding hydrogens is 246 g/mol. The first-order valence-electron chi connectivity index (χ1n) is 6.67. The maximum absolute atomic E-state index is 11.9. The predicted octanol–water partition coefficient (Wildman–Crippen LogP) is 2.52. The van der Waals surface area contributed by atoms with Gasteiger partial charge in [0.05, 0.1) is 12.0 Å². The Morgan fingerprint density at radius 3 is 2.89 bits per heavy atom. The lowest BCUT2D eigenvalue weighted by molar-refractivity contribution is -0.122. The summed E-state index contributed by atoms with van der Waals surface area (Å²) in [7, 11) is 0. The fourth-order valence-corrected chi connectivity index (χ4v) is 3.32. The molecule has 0 bridgehead atoms. The average molecular weight is 267 g/mol. The second-order valence-corrected chi connectivity index (χ2v) is 6.07. The molecule has 1 amide bonds. The molecule has 0 aliphatic heterocycles. The van der Waals surface area contributed by atoms with Crippen LogP contribution in [0.4, 0.5) is 0 Å². The van der Waals surface area contributed by atoms with Crippen LogP contribution in [0.3, 0.4) is 0 Å². The minimum Gasteiger partial charge on any atom is -0.391 e. The highest BCUT2D eigenvalue weighted by Crippen LogP contribution is 2.27. The third-order valence-corrected chi connectivity index (χ3v) is 4.85. The number of thiophene rings is 1. The molecule has 2 atom stereocenters. The summed E-state index contributed by atoms with van der Waals surface area (Å²) in [5.74, 6) is 0.262. The van der Waals surface area contributed by atoms with Gasteiger partial charge in [-0.15, -0.1) is 11.3 Å². The fraction of sp³-hybridized carbons (Fsp3) is 0.643. The van der Waals surface area contributed by atoms with Crippen LogP contribution in [0.1, 0.15) is 43.4 Å². The number of aliphatic hydroxyl groups excluding tert-OH is 1. The average Bonchev–Trinajstić information content (AvgIpc) is 3.05. The third-order valence-electron chi connectivity index (χ3n) is 3.79. The summed E-state index contributed by atoms with van der Waals surface area (Å²) in [5.41, 5.74) is 0.